The van der Waals surface area contributed by atoms with Crippen molar-refractivity contribution in [1.82, 2.24) is 9.55 Å². The van der Waals surface area contributed by atoms with Gasteiger partial charge in [0, 0.05) is 16.9 Å². The predicted octanol–water partition coefficient (Wildman–Crippen LogP) is 5.26. The van der Waals surface area contributed by atoms with E-state index in [0.29, 0.717) is 22.9 Å². The number of aryl methyl sites for hydroxylation is 1. The molecule has 2 aromatic heterocycles. The second kappa shape index (κ2) is 11.3. The average Bonchev–Trinajstić information content (AvgIpc) is 3.54. The fourth-order valence-corrected chi connectivity index (χ4v) is 5.04. The Balaban J connectivity index is 1.91. The van der Waals surface area contributed by atoms with Crippen molar-refractivity contribution < 1.29 is 19.1 Å². The number of methoxy groups -OCH3 is 2. The van der Waals surface area contributed by atoms with Crippen LogP contribution in [0.15, 0.2) is 23.9 Å². The first kappa shape index (κ1) is 23.3. The second-order valence-corrected chi connectivity index (χ2v) is 9.23. The minimum atomic E-state index is -0.322. The van der Waals surface area contributed by atoms with Crippen LogP contribution in [0.2, 0.25) is 0 Å². The summed E-state index contributed by atoms with van der Waals surface area (Å²) in [6, 6.07) is 3.75. The minimum Gasteiger partial charge on any atom is -0.466 e. The van der Waals surface area contributed by atoms with Crippen molar-refractivity contribution in [2.75, 3.05) is 14.2 Å². The van der Waals surface area contributed by atoms with E-state index in [4.69, 9.17) is 9.47 Å². The van der Waals surface area contributed by atoms with Crippen molar-refractivity contribution in [1.29, 1.82) is 0 Å². The van der Waals surface area contributed by atoms with Crippen LogP contribution in [0.4, 0.5) is 0 Å². The number of imidazole rings is 1. The lowest BCUT2D eigenvalue weighted by Crippen LogP contribution is -2.11. The standard InChI is InChI=1S/C24H32N2O4S/c1-4-5-10-22-25-15-19(14-18(23(27)29-2)13-17-8-6-7-9-17)26(22)16-20-11-12-21(31-20)24(28)30-3/h11-12,14-15,17H,4-10,13,16H2,1-3H3/b18-14+. The number of ether oxygens (including phenoxy) is 2. The summed E-state index contributed by atoms with van der Waals surface area (Å²) in [6.07, 6.45) is 12.3. The first-order valence-electron chi connectivity index (χ1n) is 11.1. The highest BCUT2D eigenvalue weighted by atomic mass is 32.1. The van der Waals surface area contributed by atoms with E-state index in [9.17, 15) is 9.59 Å². The maximum atomic E-state index is 12.5. The number of unbranched alkanes of at least 4 members (excludes halogenated alkanes) is 1. The van der Waals surface area contributed by atoms with Crippen molar-refractivity contribution in [3.8, 4) is 0 Å². The van der Waals surface area contributed by atoms with Gasteiger partial charge in [0.05, 0.1) is 32.7 Å². The molecule has 2 heterocycles. The predicted molar refractivity (Wildman–Crippen MR) is 122 cm³/mol. The number of aromatic nitrogens is 2. The molecule has 3 rings (SSSR count). The number of nitrogens with zero attached hydrogens (tertiary/aromatic N) is 2. The van der Waals surface area contributed by atoms with Crippen LogP contribution in [0.25, 0.3) is 6.08 Å². The van der Waals surface area contributed by atoms with Gasteiger partial charge in [-0.05, 0) is 37.0 Å². The molecule has 168 valence electrons. The number of esters is 2. The van der Waals surface area contributed by atoms with Crippen LogP contribution in [-0.2, 0) is 27.2 Å². The molecule has 31 heavy (non-hydrogen) atoms. The van der Waals surface area contributed by atoms with E-state index in [1.165, 1.54) is 51.2 Å². The topological polar surface area (TPSA) is 70.4 Å². The maximum absolute atomic E-state index is 12.5. The lowest BCUT2D eigenvalue weighted by molar-refractivity contribution is -0.136. The number of hydrogen-bond donors (Lipinski definition) is 0. The molecule has 1 aliphatic carbocycles. The van der Waals surface area contributed by atoms with Gasteiger partial charge in [-0.1, -0.05) is 39.0 Å². The quantitative estimate of drug-likeness (QED) is 0.369. The van der Waals surface area contributed by atoms with Crippen LogP contribution in [0.1, 0.15) is 77.9 Å². The van der Waals surface area contributed by atoms with E-state index in [1.54, 1.807) is 6.07 Å². The van der Waals surface area contributed by atoms with Crippen molar-refractivity contribution >= 4 is 29.4 Å². The lowest BCUT2D eigenvalue weighted by atomic mass is 9.97. The molecule has 0 unspecified atom stereocenters. The number of thiophene rings is 1. The molecule has 0 amide bonds. The van der Waals surface area contributed by atoms with Crippen molar-refractivity contribution in [3.63, 3.8) is 0 Å². The van der Waals surface area contributed by atoms with E-state index in [1.807, 2.05) is 18.3 Å². The Bertz CT molecular complexity index is 922. The van der Waals surface area contributed by atoms with Gasteiger partial charge in [-0.3, -0.25) is 0 Å². The second-order valence-electron chi connectivity index (χ2n) is 8.06. The molecule has 0 saturated heterocycles. The molecular formula is C24H32N2O4S. The van der Waals surface area contributed by atoms with Gasteiger partial charge in [0.25, 0.3) is 0 Å². The van der Waals surface area contributed by atoms with Crippen molar-refractivity contribution in [2.24, 2.45) is 5.92 Å². The fourth-order valence-electron chi connectivity index (χ4n) is 4.13. The number of carbonyl (C=O) groups excluding carboxylic acids is 2. The smallest absolute Gasteiger partial charge is 0.348 e. The number of carbonyl (C=O) groups is 2. The number of rotatable bonds is 10. The highest BCUT2D eigenvalue weighted by molar-refractivity contribution is 7.13. The molecule has 1 aliphatic rings. The Morgan fingerprint density at radius 3 is 2.68 bits per heavy atom. The van der Waals surface area contributed by atoms with Gasteiger partial charge in [-0.2, -0.15) is 0 Å². The zero-order chi connectivity index (χ0) is 22.2. The summed E-state index contributed by atoms with van der Waals surface area (Å²) in [7, 11) is 2.83. The van der Waals surface area contributed by atoms with Crippen LogP contribution in [0.3, 0.4) is 0 Å². The molecule has 1 fully saturated rings. The highest BCUT2D eigenvalue weighted by Gasteiger charge is 2.22. The molecule has 0 aliphatic heterocycles. The molecule has 0 atom stereocenters. The molecule has 0 radical (unpaired) electrons. The van der Waals surface area contributed by atoms with Gasteiger partial charge in [-0.15, -0.1) is 11.3 Å². The van der Waals surface area contributed by atoms with Crippen LogP contribution in [0.5, 0.6) is 0 Å². The Morgan fingerprint density at radius 1 is 1.23 bits per heavy atom. The van der Waals surface area contributed by atoms with E-state index >= 15 is 0 Å². The Labute approximate surface area is 188 Å². The lowest BCUT2D eigenvalue weighted by Gasteiger charge is -2.13. The summed E-state index contributed by atoms with van der Waals surface area (Å²) in [6.45, 7) is 2.76. The molecule has 0 N–H and O–H groups in total. The largest absolute Gasteiger partial charge is 0.466 e. The normalized spacial score (nSPS) is 14.7. The van der Waals surface area contributed by atoms with Gasteiger partial charge in [0.1, 0.15) is 10.7 Å². The first-order chi connectivity index (χ1) is 15.0. The van der Waals surface area contributed by atoms with Gasteiger partial charge in [0.15, 0.2) is 0 Å². The molecule has 0 bridgehead atoms. The Kier molecular flexibility index (Phi) is 8.46. The molecule has 2 aromatic rings. The Hall–Kier alpha value is -2.41. The third-order valence-electron chi connectivity index (χ3n) is 5.84. The summed E-state index contributed by atoms with van der Waals surface area (Å²) < 4.78 is 12.1. The fraction of sp³-hybridized carbons (Fsp3) is 0.542. The summed E-state index contributed by atoms with van der Waals surface area (Å²) in [5, 5.41) is 0. The molecule has 0 aromatic carbocycles. The molecular weight excluding hydrogens is 412 g/mol. The van der Waals surface area contributed by atoms with Gasteiger partial charge in [0.2, 0.25) is 0 Å². The summed E-state index contributed by atoms with van der Waals surface area (Å²) in [5.41, 5.74) is 1.61. The van der Waals surface area contributed by atoms with E-state index < -0.39 is 0 Å². The van der Waals surface area contributed by atoms with E-state index in [2.05, 4.69) is 16.5 Å². The van der Waals surface area contributed by atoms with Crippen LogP contribution in [0, 0.1) is 5.92 Å². The minimum absolute atomic E-state index is 0.265. The van der Waals surface area contributed by atoms with Gasteiger partial charge < -0.3 is 14.0 Å². The van der Waals surface area contributed by atoms with E-state index in [-0.39, 0.29) is 11.9 Å². The van der Waals surface area contributed by atoms with Crippen molar-refractivity contribution in [2.45, 2.75) is 64.8 Å². The summed E-state index contributed by atoms with van der Waals surface area (Å²) >= 11 is 1.43. The SMILES string of the molecule is CCCCc1ncc(/C=C(\CC2CCCC2)C(=O)OC)n1Cc1ccc(C(=O)OC)s1. The molecule has 1 saturated carbocycles. The first-order valence-corrected chi connectivity index (χ1v) is 11.9. The highest BCUT2D eigenvalue weighted by Crippen LogP contribution is 2.31. The van der Waals surface area contributed by atoms with E-state index in [0.717, 1.165) is 42.1 Å². The third kappa shape index (κ3) is 6.06. The average molecular weight is 445 g/mol. The molecule has 7 heteroatoms. The molecule has 0 spiro atoms. The molecule has 6 nitrogen and oxygen atoms in total. The summed E-state index contributed by atoms with van der Waals surface area (Å²) in [5.74, 6) is 0.948. The van der Waals surface area contributed by atoms with Gasteiger partial charge >= 0.3 is 11.9 Å². The third-order valence-corrected chi connectivity index (χ3v) is 6.89. The Morgan fingerprint density at radius 2 is 2.00 bits per heavy atom. The zero-order valence-electron chi connectivity index (χ0n) is 18.7. The van der Waals surface area contributed by atoms with Crippen LogP contribution >= 0.6 is 11.3 Å². The maximum Gasteiger partial charge on any atom is 0.348 e. The monoisotopic (exact) mass is 444 g/mol. The number of hydrogen-bond acceptors (Lipinski definition) is 6. The zero-order valence-corrected chi connectivity index (χ0v) is 19.5. The van der Waals surface area contributed by atoms with Crippen LogP contribution in [-0.4, -0.2) is 35.7 Å². The summed E-state index contributed by atoms with van der Waals surface area (Å²) in [4.78, 5) is 30.6. The van der Waals surface area contributed by atoms with Crippen molar-refractivity contribution in [3.05, 3.63) is 45.2 Å². The van der Waals surface area contributed by atoms with Gasteiger partial charge in [-0.25, -0.2) is 14.6 Å². The van der Waals surface area contributed by atoms with Crippen LogP contribution < -0.4 is 0 Å².